The number of fused-ring (bicyclic) bond motifs is 1. The summed E-state index contributed by atoms with van der Waals surface area (Å²) in [6.45, 7) is 5.71. The van der Waals surface area contributed by atoms with Crippen LogP contribution in [0.4, 0.5) is 5.13 Å². The van der Waals surface area contributed by atoms with E-state index in [-0.39, 0.29) is 11.3 Å². The number of aliphatic hydroxyl groups is 1. The van der Waals surface area contributed by atoms with Crippen molar-refractivity contribution in [3.63, 3.8) is 0 Å². The molecule has 1 saturated heterocycles. The van der Waals surface area contributed by atoms with Crippen molar-refractivity contribution < 1.29 is 19.1 Å². The van der Waals surface area contributed by atoms with Crippen molar-refractivity contribution in [3.8, 4) is 0 Å². The Morgan fingerprint density at radius 2 is 1.72 bits per heavy atom. The topological polar surface area (TPSA) is 83.6 Å². The zero-order chi connectivity index (χ0) is 22.6. The highest BCUT2D eigenvalue weighted by atomic mass is 32.1. The van der Waals surface area contributed by atoms with Crippen LogP contribution in [0.25, 0.3) is 16.0 Å². The third-order valence-electron chi connectivity index (χ3n) is 5.54. The van der Waals surface area contributed by atoms with Crippen molar-refractivity contribution in [1.29, 1.82) is 0 Å². The van der Waals surface area contributed by atoms with Crippen LogP contribution in [0.5, 0.6) is 0 Å². The van der Waals surface area contributed by atoms with E-state index in [9.17, 15) is 14.7 Å². The summed E-state index contributed by atoms with van der Waals surface area (Å²) in [7, 11) is 0. The molecule has 1 aliphatic rings. The highest BCUT2D eigenvalue weighted by Gasteiger charge is 2.49. The summed E-state index contributed by atoms with van der Waals surface area (Å²) >= 11 is 1.33. The van der Waals surface area contributed by atoms with Crippen LogP contribution < -0.4 is 4.90 Å². The number of aromatic nitrogens is 1. The van der Waals surface area contributed by atoms with Gasteiger partial charge in [0.05, 0.1) is 15.8 Å². The van der Waals surface area contributed by atoms with Crippen molar-refractivity contribution in [1.82, 2.24) is 4.98 Å². The lowest BCUT2D eigenvalue weighted by molar-refractivity contribution is -0.132. The number of Topliss-reactive ketones (excluding diaryl/α,β-unsaturated/α-hetero) is 1. The highest BCUT2D eigenvalue weighted by Crippen LogP contribution is 2.44. The SMILES string of the molecule is Cc1ccc(C(O)=C2C(=O)C(=O)N(c3nc4ccc(C)cc4s3)C2c2ccc(C)o2)cc1. The Bertz CT molecular complexity index is 1410. The molecule has 0 bridgehead atoms. The number of aliphatic hydroxyl groups excluding tert-OH is 1. The summed E-state index contributed by atoms with van der Waals surface area (Å²) in [4.78, 5) is 32.3. The van der Waals surface area contributed by atoms with Gasteiger partial charge < -0.3 is 9.52 Å². The van der Waals surface area contributed by atoms with Crippen LogP contribution >= 0.6 is 11.3 Å². The number of hydrogen-bond donors (Lipinski definition) is 1. The molecule has 6 nitrogen and oxygen atoms in total. The number of aryl methyl sites for hydroxylation is 3. The Morgan fingerprint density at radius 1 is 1.00 bits per heavy atom. The first-order chi connectivity index (χ1) is 15.3. The fourth-order valence-corrected chi connectivity index (χ4v) is 4.98. The maximum Gasteiger partial charge on any atom is 0.302 e. The number of carbonyl (C=O) groups is 2. The van der Waals surface area contributed by atoms with Crippen LogP contribution in [0.1, 0.15) is 34.3 Å². The van der Waals surface area contributed by atoms with Gasteiger partial charge in [-0.1, -0.05) is 47.2 Å². The zero-order valence-corrected chi connectivity index (χ0v) is 18.6. The molecule has 5 rings (SSSR count). The Hall–Kier alpha value is -3.71. The molecular formula is C25H20N2O4S. The molecule has 2 aromatic heterocycles. The molecule has 32 heavy (non-hydrogen) atoms. The van der Waals surface area contributed by atoms with Crippen molar-refractivity contribution in [2.24, 2.45) is 0 Å². The second kappa shape index (κ2) is 7.46. The lowest BCUT2D eigenvalue weighted by Crippen LogP contribution is -2.29. The van der Waals surface area contributed by atoms with E-state index in [1.807, 2.05) is 44.2 Å². The average molecular weight is 445 g/mol. The quantitative estimate of drug-likeness (QED) is 0.258. The molecule has 3 heterocycles. The van der Waals surface area contributed by atoms with Crippen LogP contribution in [-0.4, -0.2) is 21.8 Å². The predicted octanol–water partition coefficient (Wildman–Crippen LogP) is 5.44. The third-order valence-corrected chi connectivity index (χ3v) is 6.56. The highest BCUT2D eigenvalue weighted by molar-refractivity contribution is 7.22. The molecule has 2 aromatic carbocycles. The molecule has 1 atom stereocenters. The number of hydrogen-bond acceptors (Lipinski definition) is 6. The molecule has 0 saturated carbocycles. The molecular weight excluding hydrogens is 424 g/mol. The Kier molecular flexibility index (Phi) is 4.71. The number of ketones is 1. The second-order valence-corrected chi connectivity index (χ2v) is 8.96. The lowest BCUT2D eigenvalue weighted by atomic mass is 9.99. The Labute approximate surface area is 188 Å². The van der Waals surface area contributed by atoms with Crippen LogP contribution in [0.2, 0.25) is 0 Å². The number of amides is 1. The van der Waals surface area contributed by atoms with Crippen molar-refractivity contribution in [2.45, 2.75) is 26.8 Å². The number of thiazole rings is 1. The van der Waals surface area contributed by atoms with E-state index < -0.39 is 17.7 Å². The summed E-state index contributed by atoms with van der Waals surface area (Å²) in [5.41, 5.74) is 3.29. The van der Waals surface area contributed by atoms with Gasteiger partial charge in [0, 0.05) is 5.56 Å². The van der Waals surface area contributed by atoms with Crippen molar-refractivity contribution in [2.75, 3.05) is 4.90 Å². The van der Waals surface area contributed by atoms with Crippen molar-refractivity contribution >= 4 is 44.1 Å². The van der Waals surface area contributed by atoms with E-state index in [0.717, 1.165) is 21.3 Å². The molecule has 0 radical (unpaired) electrons. The number of benzene rings is 2. The van der Waals surface area contributed by atoms with E-state index in [1.54, 1.807) is 31.2 Å². The molecule has 1 unspecified atom stereocenters. The standard InChI is InChI=1S/C25H20N2O4S/c1-13-4-8-16(9-5-13)22(28)20-21(18-11-7-15(3)31-18)27(24(30)23(20)29)25-26-17-10-6-14(2)12-19(17)32-25/h4-12,21,28H,1-3H3. The lowest BCUT2D eigenvalue weighted by Gasteiger charge is -2.20. The minimum absolute atomic E-state index is 0.0105. The number of nitrogens with zero attached hydrogens (tertiary/aromatic N) is 2. The van der Waals surface area contributed by atoms with E-state index >= 15 is 0 Å². The molecule has 0 spiro atoms. The van der Waals surface area contributed by atoms with Gasteiger partial charge in [0.1, 0.15) is 23.3 Å². The van der Waals surface area contributed by atoms with Crippen LogP contribution in [0.15, 0.2) is 64.6 Å². The first-order valence-electron chi connectivity index (χ1n) is 10.1. The van der Waals surface area contributed by atoms with E-state index in [1.165, 1.54) is 16.2 Å². The smallest absolute Gasteiger partial charge is 0.302 e. The summed E-state index contributed by atoms with van der Waals surface area (Å²) in [6, 6.07) is 15.5. The van der Waals surface area contributed by atoms with Crippen LogP contribution in [0, 0.1) is 20.8 Å². The summed E-state index contributed by atoms with van der Waals surface area (Å²) in [5, 5.41) is 11.5. The first kappa shape index (κ1) is 20.2. The summed E-state index contributed by atoms with van der Waals surface area (Å²) in [5.74, 6) is -0.709. The molecule has 7 heteroatoms. The number of rotatable bonds is 3. The van der Waals surface area contributed by atoms with Gasteiger partial charge in [-0.3, -0.25) is 14.5 Å². The fourth-order valence-electron chi connectivity index (χ4n) is 3.89. The third kappa shape index (κ3) is 3.22. The van der Waals surface area contributed by atoms with Gasteiger partial charge in [0.25, 0.3) is 5.78 Å². The number of carbonyl (C=O) groups excluding carboxylic acids is 2. The van der Waals surface area contributed by atoms with Gasteiger partial charge in [-0.05, 0) is 50.6 Å². The minimum Gasteiger partial charge on any atom is -0.507 e. The van der Waals surface area contributed by atoms with Crippen LogP contribution in [-0.2, 0) is 9.59 Å². The normalized spacial score (nSPS) is 18.1. The van der Waals surface area contributed by atoms with Gasteiger partial charge >= 0.3 is 5.91 Å². The largest absolute Gasteiger partial charge is 0.507 e. The molecule has 1 amide bonds. The van der Waals surface area contributed by atoms with E-state index in [0.29, 0.717) is 22.2 Å². The van der Waals surface area contributed by atoms with Gasteiger partial charge in [-0.25, -0.2) is 4.98 Å². The molecule has 0 aliphatic carbocycles. The Morgan fingerprint density at radius 3 is 2.41 bits per heavy atom. The maximum atomic E-state index is 13.2. The Balaban J connectivity index is 1.72. The minimum atomic E-state index is -0.910. The number of furan rings is 1. The van der Waals surface area contributed by atoms with E-state index in [2.05, 4.69) is 4.98 Å². The monoisotopic (exact) mass is 444 g/mol. The predicted molar refractivity (Wildman–Crippen MR) is 124 cm³/mol. The molecule has 1 aliphatic heterocycles. The van der Waals surface area contributed by atoms with Gasteiger partial charge in [0.15, 0.2) is 5.13 Å². The van der Waals surface area contributed by atoms with Gasteiger partial charge in [-0.15, -0.1) is 0 Å². The number of anilines is 1. The van der Waals surface area contributed by atoms with E-state index in [4.69, 9.17) is 4.42 Å². The summed E-state index contributed by atoms with van der Waals surface area (Å²) < 4.78 is 6.74. The zero-order valence-electron chi connectivity index (χ0n) is 17.7. The maximum absolute atomic E-state index is 13.2. The molecule has 1 N–H and O–H groups in total. The average Bonchev–Trinajstić information content (AvgIpc) is 3.44. The molecule has 160 valence electrons. The second-order valence-electron chi connectivity index (χ2n) is 7.95. The molecule has 4 aromatic rings. The van der Waals surface area contributed by atoms with Gasteiger partial charge in [-0.2, -0.15) is 0 Å². The van der Waals surface area contributed by atoms with Crippen LogP contribution in [0.3, 0.4) is 0 Å². The van der Waals surface area contributed by atoms with Crippen molar-refractivity contribution in [3.05, 3.63) is 88.4 Å². The summed E-state index contributed by atoms with van der Waals surface area (Å²) in [6.07, 6.45) is 0. The fraction of sp³-hybridized carbons (Fsp3) is 0.160. The van der Waals surface area contributed by atoms with Gasteiger partial charge in [0.2, 0.25) is 0 Å². The molecule has 1 fully saturated rings. The first-order valence-corrected chi connectivity index (χ1v) is 11.0.